The second-order valence-corrected chi connectivity index (χ2v) is 1.34. The van der Waals surface area contributed by atoms with Crippen LogP contribution in [0.15, 0.2) is 0 Å². The van der Waals surface area contributed by atoms with Gasteiger partial charge in [0, 0.05) is 0 Å². The zero-order chi connectivity index (χ0) is 4.50. The van der Waals surface area contributed by atoms with E-state index in [0.717, 1.165) is 0 Å². The Balaban J connectivity index is -0.0000000133. The molecule has 0 fully saturated rings. The van der Waals surface area contributed by atoms with Crippen LogP contribution in [0.4, 0.5) is 0 Å². The van der Waals surface area contributed by atoms with Crippen molar-refractivity contribution < 1.29 is 20.4 Å². The standard InChI is InChI=1S/Al.H2O4S.Sr.5H/c;1-5(2,3)4;;;;;;/h;(H2,1,2,3,4);;;;;;/q;;+2;;;;2*-1. The third-order valence-electron chi connectivity index (χ3n) is 0. The van der Waals surface area contributed by atoms with Crippen LogP contribution < -0.4 is 0 Å². The summed E-state index contributed by atoms with van der Waals surface area (Å²) in [6, 6.07) is 0. The summed E-state index contributed by atoms with van der Waals surface area (Å²) in [4.78, 5) is 0. The van der Waals surface area contributed by atoms with Crippen molar-refractivity contribution in [2.24, 2.45) is 0 Å². The van der Waals surface area contributed by atoms with Crippen molar-refractivity contribution in [2.75, 3.05) is 0 Å². The molecule has 0 aliphatic carbocycles. The molecule has 0 atom stereocenters. The maximum atomic E-state index is 8.74. The van der Waals surface area contributed by atoms with Crippen molar-refractivity contribution in [3.8, 4) is 0 Å². The first-order valence-corrected chi connectivity index (χ1v) is 2.10. The summed E-state index contributed by atoms with van der Waals surface area (Å²) in [6.07, 6.45) is 0. The van der Waals surface area contributed by atoms with Gasteiger partial charge in [0.25, 0.3) is 0 Å². The fourth-order valence-electron chi connectivity index (χ4n) is 0. The van der Waals surface area contributed by atoms with E-state index >= 15 is 0 Å². The zero-order valence-electron chi connectivity index (χ0n) is 4.83. The Bertz CT molecular complexity index is 102. The van der Waals surface area contributed by atoms with Gasteiger partial charge in [0.1, 0.15) is 0 Å². The fourth-order valence-corrected chi connectivity index (χ4v) is 0. The van der Waals surface area contributed by atoms with Gasteiger partial charge < -0.3 is 2.85 Å². The van der Waals surface area contributed by atoms with Gasteiger partial charge in [-0.2, -0.15) is 8.42 Å². The van der Waals surface area contributed by atoms with Crippen molar-refractivity contribution in [3.05, 3.63) is 0 Å². The second-order valence-electron chi connectivity index (χ2n) is 0.448. The van der Waals surface area contributed by atoms with E-state index in [2.05, 4.69) is 0 Å². The van der Waals surface area contributed by atoms with Crippen molar-refractivity contribution in [1.82, 2.24) is 0 Å². The molecular formula is H7AlO4SSr. The zero-order valence-corrected chi connectivity index (χ0v) is 7.12. The molecule has 0 spiro atoms. The monoisotopic (exact) mass is 218 g/mol. The molecular weight excluding hydrogens is 211 g/mol. The summed E-state index contributed by atoms with van der Waals surface area (Å²) in [5, 5.41) is 0. The molecule has 0 rings (SSSR count). The van der Waals surface area contributed by atoms with Crippen LogP contribution in [-0.2, 0) is 10.4 Å². The number of hydrogen-bond acceptors (Lipinski definition) is 2. The van der Waals surface area contributed by atoms with Crippen LogP contribution in [0.5, 0.6) is 0 Å². The molecule has 7 heteroatoms. The maximum Gasteiger partial charge on any atom is 2.00 e. The van der Waals surface area contributed by atoms with E-state index < -0.39 is 10.4 Å². The Hall–Kier alpha value is 1.88. The summed E-state index contributed by atoms with van der Waals surface area (Å²) in [5.74, 6) is 0. The predicted molar refractivity (Wildman–Crippen MR) is 32.1 cm³/mol. The van der Waals surface area contributed by atoms with Gasteiger partial charge in [-0.05, 0) is 0 Å². The van der Waals surface area contributed by atoms with Gasteiger partial charge in [0.2, 0.25) is 0 Å². The molecule has 0 aromatic carbocycles. The van der Waals surface area contributed by atoms with Crippen LogP contribution in [0.25, 0.3) is 0 Å². The van der Waals surface area contributed by atoms with Gasteiger partial charge in [0.15, 0.2) is 17.4 Å². The quantitative estimate of drug-likeness (QED) is 0.364. The van der Waals surface area contributed by atoms with Gasteiger partial charge in [-0.3, -0.25) is 9.11 Å². The molecule has 0 aliphatic rings. The first-order chi connectivity index (χ1) is 2.00. The van der Waals surface area contributed by atoms with Crippen molar-refractivity contribution in [2.45, 2.75) is 0 Å². The summed E-state index contributed by atoms with van der Waals surface area (Å²) in [6.45, 7) is 0. The average molecular weight is 218 g/mol. The van der Waals surface area contributed by atoms with Gasteiger partial charge >= 0.3 is 55.9 Å². The minimum atomic E-state index is -4.67. The van der Waals surface area contributed by atoms with Crippen molar-refractivity contribution >= 4 is 73.2 Å². The Morgan fingerprint density at radius 1 is 1.29 bits per heavy atom. The Labute approximate surface area is 92.2 Å². The summed E-state index contributed by atoms with van der Waals surface area (Å²) >= 11 is 0. The largest absolute Gasteiger partial charge is 2.00 e. The molecule has 0 aromatic heterocycles. The molecule has 0 amide bonds. The molecule has 42 valence electrons. The molecule has 0 saturated heterocycles. The van der Waals surface area contributed by atoms with E-state index in [1.807, 2.05) is 0 Å². The van der Waals surface area contributed by atoms with Crippen molar-refractivity contribution in [1.29, 1.82) is 0 Å². The Morgan fingerprint density at radius 3 is 1.29 bits per heavy atom. The fraction of sp³-hybridized carbons (Fsp3) is 0. The van der Waals surface area contributed by atoms with E-state index in [9.17, 15) is 0 Å². The number of rotatable bonds is 0. The Kier molecular flexibility index (Phi) is 13.7. The third-order valence-corrected chi connectivity index (χ3v) is 0. The second kappa shape index (κ2) is 6.01. The molecule has 0 bridgehead atoms. The predicted octanol–water partition coefficient (Wildman–Crippen LogP) is -1.99. The summed E-state index contributed by atoms with van der Waals surface area (Å²) < 4.78 is 31.6. The van der Waals surface area contributed by atoms with Gasteiger partial charge in [-0.25, -0.2) is 0 Å². The SMILES string of the molecule is O=S(=O)(O)O.[AlH3].[H-].[H-].[Sr+2]. The first-order valence-electron chi connectivity index (χ1n) is 0.698. The van der Waals surface area contributed by atoms with E-state index in [1.54, 1.807) is 0 Å². The molecule has 4 nitrogen and oxygen atoms in total. The average Bonchev–Trinajstić information content (AvgIpc) is 0.722. The van der Waals surface area contributed by atoms with E-state index in [1.165, 1.54) is 0 Å². The van der Waals surface area contributed by atoms with Gasteiger partial charge in [-0.1, -0.05) is 0 Å². The van der Waals surface area contributed by atoms with Crippen LogP contribution in [0.3, 0.4) is 0 Å². The molecule has 0 radical (unpaired) electrons. The van der Waals surface area contributed by atoms with Gasteiger partial charge in [0.05, 0.1) is 0 Å². The number of hydrogen-bond donors (Lipinski definition) is 2. The molecule has 0 saturated carbocycles. The molecule has 0 unspecified atom stereocenters. The molecule has 2 N–H and O–H groups in total. The van der Waals surface area contributed by atoms with Crippen LogP contribution in [0.2, 0.25) is 0 Å². The smallest absolute Gasteiger partial charge is 1.00 e. The topological polar surface area (TPSA) is 74.6 Å². The molecule has 0 aromatic rings. The van der Waals surface area contributed by atoms with Crippen LogP contribution in [-0.4, -0.2) is 80.4 Å². The van der Waals surface area contributed by atoms with Crippen molar-refractivity contribution in [3.63, 3.8) is 0 Å². The third kappa shape index (κ3) is 76.9. The maximum absolute atomic E-state index is 8.74. The van der Waals surface area contributed by atoms with E-state index in [4.69, 9.17) is 17.5 Å². The van der Waals surface area contributed by atoms with Crippen LogP contribution in [0, 0.1) is 0 Å². The summed E-state index contributed by atoms with van der Waals surface area (Å²) in [7, 11) is -4.67. The Morgan fingerprint density at radius 2 is 1.29 bits per heavy atom. The first kappa shape index (κ1) is 15.9. The van der Waals surface area contributed by atoms with E-state index in [-0.39, 0.29) is 65.7 Å². The van der Waals surface area contributed by atoms with Crippen LogP contribution in [0.1, 0.15) is 2.85 Å². The molecule has 0 heterocycles. The minimum Gasteiger partial charge on any atom is -1.00 e. The normalized spacial score (nSPS) is 8.29. The molecule has 0 aliphatic heterocycles. The van der Waals surface area contributed by atoms with Crippen LogP contribution >= 0.6 is 0 Å². The minimum absolute atomic E-state index is 0. The summed E-state index contributed by atoms with van der Waals surface area (Å²) in [5.41, 5.74) is 0. The van der Waals surface area contributed by atoms with Gasteiger partial charge in [-0.15, -0.1) is 0 Å². The molecule has 7 heavy (non-hydrogen) atoms. The van der Waals surface area contributed by atoms with E-state index in [0.29, 0.717) is 0 Å².